The van der Waals surface area contributed by atoms with Crippen molar-refractivity contribution in [3.8, 4) is 23.0 Å². The number of benzene rings is 2. The molecular weight excluding hydrogens is 396 g/mol. The summed E-state index contributed by atoms with van der Waals surface area (Å²) in [7, 11) is 0. The molecule has 9 nitrogen and oxygen atoms in total. The van der Waals surface area contributed by atoms with Crippen molar-refractivity contribution >= 4 is 0 Å². The van der Waals surface area contributed by atoms with E-state index >= 15 is 0 Å². The van der Waals surface area contributed by atoms with E-state index in [1.807, 2.05) is 0 Å². The van der Waals surface area contributed by atoms with Crippen LogP contribution in [0.15, 0.2) is 36.4 Å². The number of phenolic OH excluding ortho intramolecular Hbond substituents is 3. The number of hydrogen-bond donors (Lipinski definition) is 6. The van der Waals surface area contributed by atoms with E-state index in [0.29, 0.717) is 11.1 Å². The molecule has 2 aliphatic heterocycles. The summed E-state index contributed by atoms with van der Waals surface area (Å²) in [4.78, 5) is 0. The third-order valence-electron chi connectivity index (χ3n) is 5.51. The third-order valence-corrected chi connectivity index (χ3v) is 5.51. The van der Waals surface area contributed by atoms with Gasteiger partial charge < -0.3 is 44.8 Å². The van der Waals surface area contributed by atoms with Crippen LogP contribution in [0.3, 0.4) is 0 Å². The fourth-order valence-corrected chi connectivity index (χ4v) is 3.81. The Kier molecular flexibility index (Phi) is 5.48. The Balaban J connectivity index is 1.66. The molecule has 2 aromatic carbocycles. The van der Waals surface area contributed by atoms with Crippen LogP contribution in [0.25, 0.3) is 0 Å². The zero-order valence-corrected chi connectivity index (χ0v) is 16.1. The summed E-state index contributed by atoms with van der Waals surface area (Å²) in [5.74, 6) is 0.0165. The lowest BCUT2D eigenvalue weighted by Gasteiger charge is -2.42. The highest BCUT2D eigenvalue weighted by Crippen LogP contribution is 2.43. The number of aromatic hydroxyl groups is 3. The van der Waals surface area contributed by atoms with Gasteiger partial charge in [0, 0.05) is 24.1 Å². The molecule has 7 atom stereocenters. The number of hydrogen-bond acceptors (Lipinski definition) is 9. The Labute approximate surface area is 172 Å². The van der Waals surface area contributed by atoms with E-state index in [4.69, 9.17) is 14.2 Å². The maximum atomic E-state index is 10.3. The van der Waals surface area contributed by atoms with Crippen molar-refractivity contribution in [2.24, 2.45) is 0 Å². The van der Waals surface area contributed by atoms with Gasteiger partial charge in [-0.25, -0.2) is 0 Å². The molecule has 1 fully saturated rings. The summed E-state index contributed by atoms with van der Waals surface area (Å²) >= 11 is 0. The predicted octanol–water partition coefficient (Wildman–Crippen LogP) is 0.692. The molecule has 4 rings (SSSR count). The number of ether oxygens (including phenoxy) is 3. The Morgan fingerprint density at radius 1 is 0.900 bits per heavy atom. The molecule has 7 unspecified atom stereocenters. The van der Waals surface area contributed by atoms with Gasteiger partial charge in [0.2, 0.25) is 0 Å². The first-order chi connectivity index (χ1) is 14.2. The molecular formula is C21H24O9. The van der Waals surface area contributed by atoms with Crippen LogP contribution in [0.4, 0.5) is 0 Å². The van der Waals surface area contributed by atoms with Crippen LogP contribution in [0.2, 0.25) is 0 Å². The maximum absolute atomic E-state index is 10.3. The van der Waals surface area contributed by atoms with Gasteiger partial charge in [0.1, 0.15) is 47.4 Å². The number of aliphatic hydroxyl groups excluding tert-OH is 3. The quantitative estimate of drug-likeness (QED) is 0.422. The Morgan fingerprint density at radius 3 is 2.30 bits per heavy atom. The lowest BCUT2D eigenvalue weighted by molar-refractivity contribution is -0.310. The van der Waals surface area contributed by atoms with Gasteiger partial charge >= 0.3 is 0 Å². The van der Waals surface area contributed by atoms with Gasteiger partial charge in [0.15, 0.2) is 12.4 Å². The maximum Gasteiger partial charge on any atom is 0.187 e. The van der Waals surface area contributed by atoms with Crippen molar-refractivity contribution in [2.45, 2.75) is 56.3 Å². The van der Waals surface area contributed by atoms with Gasteiger partial charge in [-0.2, -0.15) is 0 Å². The number of phenols is 3. The van der Waals surface area contributed by atoms with Crippen molar-refractivity contribution in [3.05, 3.63) is 47.5 Å². The zero-order valence-electron chi connectivity index (χ0n) is 16.1. The average molecular weight is 420 g/mol. The van der Waals surface area contributed by atoms with E-state index in [1.54, 1.807) is 19.1 Å². The van der Waals surface area contributed by atoms with Crippen LogP contribution in [0.5, 0.6) is 23.0 Å². The summed E-state index contributed by atoms with van der Waals surface area (Å²) in [6.45, 7) is 1.55. The molecule has 0 bridgehead atoms. The second kappa shape index (κ2) is 7.93. The number of fused-ring (bicyclic) bond motifs is 1. The van der Waals surface area contributed by atoms with Crippen LogP contribution >= 0.6 is 0 Å². The molecule has 0 radical (unpaired) electrons. The Morgan fingerprint density at radius 2 is 1.60 bits per heavy atom. The summed E-state index contributed by atoms with van der Waals surface area (Å²) in [6, 6.07) is 8.83. The highest BCUT2D eigenvalue weighted by atomic mass is 16.7. The van der Waals surface area contributed by atoms with E-state index in [-0.39, 0.29) is 29.4 Å². The number of rotatable bonds is 3. The van der Waals surface area contributed by atoms with E-state index in [1.165, 1.54) is 24.3 Å². The smallest absolute Gasteiger partial charge is 0.187 e. The summed E-state index contributed by atoms with van der Waals surface area (Å²) in [6.07, 6.45) is -7.55. The van der Waals surface area contributed by atoms with E-state index in [0.717, 1.165) is 0 Å². The molecule has 9 heteroatoms. The minimum atomic E-state index is -1.49. The second-order valence-corrected chi connectivity index (χ2v) is 7.63. The van der Waals surface area contributed by atoms with Crippen LogP contribution in [-0.4, -0.2) is 67.4 Å². The zero-order chi connectivity index (χ0) is 21.6. The molecule has 0 aliphatic carbocycles. The molecule has 162 valence electrons. The first-order valence-corrected chi connectivity index (χ1v) is 9.60. The Hall–Kier alpha value is -2.56. The predicted molar refractivity (Wildman–Crippen MR) is 102 cm³/mol. The van der Waals surface area contributed by atoms with Gasteiger partial charge in [-0.3, -0.25) is 0 Å². The first kappa shape index (κ1) is 20.7. The van der Waals surface area contributed by atoms with Gasteiger partial charge in [-0.15, -0.1) is 0 Å². The minimum Gasteiger partial charge on any atom is -0.508 e. The topological polar surface area (TPSA) is 149 Å². The standard InChI is InChI=1S/C21H24O9/c1-9-17(25)18(26)19(27)21(28-9)30-16-8-13-14(24)6-12(23)7-15(13)29-20(16)10-2-4-11(22)5-3-10/h2-7,9,16-27H,8H2,1H3. The fraction of sp³-hybridized carbons (Fsp3) is 0.429. The average Bonchev–Trinajstić information content (AvgIpc) is 2.71. The molecule has 30 heavy (non-hydrogen) atoms. The van der Waals surface area contributed by atoms with Crippen molar-refractivity contribution in [1.29, 1.82) is 0 Å². The highest BCUT2D eigenvalue weighted by molar-refractivity contribution is 5.51. The van der Waals surface area contributed by atoms with E-state index in [9.17, 15) is 30.6 Å². The minimum absolute atomic E-state index is 0.0692. The first-order valence-electron chi connectivity index (χ1n) is 9.60. The van der Waals surface area contributed by atoms with Crippen molar-refractivity contribution in [1.82, 2.24) is 0 Å². The van der Waals surface area contributed by atoms with E-state index < -0.39 is 42.9 Å². The van der Waals surface area contributed by atoms with Gasteiger partial charge in [0.05, 0.1) is 6.10 Å². The largest absolute Gasteiger partial charge is 0.508 e. The van der Waals surface area contributed by atoms with Gasteiger partial charge in [-0.05, 0) is 24.6 Å². The molecule has 0 aromatic heterocycles. The highest BCUT2D eigenvalue weighted by Gasteiger charge is 2.45. The normalized spacial score (nSPS) is 33.5. The molecule has 1 saturated heterocycles. The summed E-state index contributed by atoms with van der Waals surface area (Å²) in [5, 5.41) is 59.9. The molecule has 2 aromatic rings. The molecule has 2 aliphatic rings. The summed E-state index contributed by atoms with van der Waals surface area (Å²) < 4.78 is 17.5. The third kappa shape index (κ3) is 3.78. The van der Waals surface area contributed by atoms with Gasteiger partial charge in [-0.1, -0.05) is 12.1 Å². The second-order valence-electron chi connectivity index (χ2n) is 7.63. The lowest BCUT2D eigenvalue weighted by atomic mass is 9.93. The Bertz CT molecular complexity index is 900. The van der Waals surface area contributed by atoms with Crippen LogP contribution in [0, 0.1) is 0 Å². The monoisotopic (exact) mass is 420 g/mol. The molecule has 6 N–H and O–H groups in total. The molecule has 2 heterocycles. The van der Waals surface area contributed by atoms with Crippen LogP contribution in [0.1, 0.15) is 24.2 Å². The SMILES string of the molecule is CC1OC(OC2Cc3c(O)cc(O)cc3OC2c2ccc(O)cc2)C(O)C(O)C1O. The van der Waals surface area contributed by atoms with Crippen molar-refractivity contribution < 1.29 is 44.8 Å². The molecule has 0 amide bonds. The van der Waals surface area contributed by atoms with Crippen LogP contribution in [-0.2, 0) is 15.9 Å². The van der Waals surface area contributed by atoms with Crippen molar-refractivity contribution in [3.63, 3.8) is 0 Å². The molecule has 0 spiro atoms. The van der Waals surface area contributed by atoms with Crippen molar-refractivity contribution in [2.75, 3.05) is 0 Å². The lowest BCUT2D eigenvalue weighted by Crippen LogP contribution is -2.58. The van der Waals surface area contributed by atoms with E-state index in [2.05, 4.69) is 0 Å². The van der Waals surface area contributed by atoms with Crippen LogP contribution < -0.4 is 4.74 Å². The molecule has 0 saturated carbocycles. The number of aliphatic hydroxyl groups is 3. The summed E-state index contributed by atoms with van der Waals surface area (Å²) in [5.41, 5.74) is 1.05. The van der Waals surface area contributed by atoms with Gasteiger partial charge in [0.25, 0.3) is 0 Å². The fourth-order valence-electron chi connectivity index (χ4n) is 3.81.